The molecule has 25 heavy (non-hydrogen) atoms. The van der Waals surface area contributed by atoms with Crippen LogP contribution in [0.1, 0.15) is 33.9 Å². The molecule has 0 aliphatic carbocycles. The molecular formula is C18H21NO5S. The molecule has 1 atom stereocenters. The lowest BCUT2D eigenvalue weighted by atomic mass is 10.1. The number of nitrogens with one attached hydrogen (secondary N) is 1. The highest BCUT2D eigenvalue weighted by Gasteiger charge is 2.29. The minimum absolute atomic E-state index is 0.0119. The predicted molar refractivity (Wildman–Crippen MR) is 93.5 cm³/mol. The predicted octanol–water partition coefficient (Wildman–Crippen LogP) is 2.39. The van der Waals surface area contributed by atoms with Gasteiger partial charge in [-0.15, -0.1) is 0 Å². The van der Waals surface area contributed by atoms with E-state index in [1.54, 1.807) is 12.1 Å². The molecule has 0 radical (unpaired) electrons. The van der Waals surface area contributed by atoms with Crippen molar-refractivity contribution in [3.8, 4) is 5.75 Å². The van der Waals surface area contributed by atoms with Gasteiger partial charge in [-0.1, -0.05) is 12.1 Å². The van der Waals surface area contributed by atoms with E-state index in [0.29, 0.717) is 12.2 Å². The monoisotopic (exact) mass is 363 g/mol. The molecule has 1 saturated heterocycles. The summed E-state index contributed by atoms with van der Waals surface area (Å²) in [6.07, 6.45) is 0.442. The van der Waals surface area contributed by atoms with Crippen molar-refractivity contribution in [3.05, 3.63) is 53.0 Å². The van der Waals surface area contributed by atoms with Crippen LogP contribution < -0.4 is 10.1 Å². The maximum absolute atomic E-state index is 12.2. The molecule has 0 bridgehead atoms. The molecule has 6 nitrogen and oxygen atoms in total. The number of rotatable bonds is 5. The van der Waals surface area contributed by atoms with Gasteiger partial charge in [0.15, 0.2) is 15.6 Å². The third-order valence-electron chi connectivity index (χ3n) is 4.17. The summed E-state index contributed by atoms with van der Waals surface area (Å²) in [7, 11) is -3.03. The van der Waals surface area contributed by atoms with Gasteiger partial charge >= 0.3 is 0 Å². The summed E-state index contributed by atoms with van der Waals surface area (Å²) in [6.45, 7) is 4.17. The van der Waals surface area contributed by atoms with E-state index in [4.69, 9.17) is 9.15 Å². The second-order valence-electron chi connectivity index (χ2n) is 6.40. The van der Waals surface area contributed by atoms with Crippen LogP contribution in [0.3, 0.4) is 0 Å². The Labute approximate surface area is 147 Å². The fraction of sp³-hybridized carbons (Fsp3) is 0.389. The molecule has 1 aliphatic heterocycles. The SMILES string of the molecule is Cc1ccc(C)c(OCc2ccc(C(=O)NC3CCS(=O)(=O)C3)o2)c1. The lowest BCUT2D eigenvalue weighted by Crippen LogP contribution is -2.35. The Morgan fingerprint density at radius 1 is 1.28 bits per heavy atom. The van der Waals surface area contributed by atoms with Crippen LogP contribution in [0.15, 0.2) is 34.7 Å². The topological polar surface area (TPSA) is 85.6 Å². The number of ether oxygens (including phenoxy) is 1. The summed E-state index contributed by atoms with van der Waals surface area (Å²) in [6, 6.07) is 8.86. The van der Waals surface area contributed by atoms with Gasteiger partial charge in [-0.2, -0.15) is 0 Å². The van der Waals surface area contributed by atoms with Gasteiger partial charge in [-0.3, -0.25) is 4.79 Å². The van der Waals surface area contributed by atoms with Crippen molar-refractivity contribution in [2.45, 2.75) is 32.9 Å². The lowest BCUT2D eigenvalue weighted by Gasteiger charge is -2.09. The maximum atomic E-state index is 12.2. The van der Waals surface area contributed by atoms with E-state index in [-0.39, 0.29) is 29.9 Å². The third-order valence-corrected chi connectivity index (χ3v) is 5.93. The summed E-state index contributed by atoms with van der Waals surface area (Å²) < 4.78 is 34.2. The second kappa shape index (κ2) is 6.92. The van der Waals surface area contributed by atoms with Crippen molar-refractivity contribution < 1.29 is 22.4 Å². The molecule has 1 amide bonds. The Kier molecular flexibility index (Phi) is 4.85. The highest BCUT2D eigenvalue weighted by atomic mass is 32.2. The molecule has 0 saturated carbocycles. The standard InChI is InChI=1S/C18H21NO5S/c1-12-3-4-13(2)17(9-12)23-10-15-5-6-16(24-15)18(20)19-14-7-8-25(21,22)11-14/h3-6,9,14H,7-8,10-11H2,1-2H3,(H,19,20). The highest BCUT2D eigenvalue weighted by molar-refractivity contribution is 7.91. The van der Waals surface area contributed by atoms with Crippen LogP contribution in [0.5, 0.6) is 5.75 Å². The summed E-state index contributed by atoms with van der Waals surface area (Å²) in [5.74, 6) is 1.17. The van der Waals surface area contributed by atoms with E-state index in [9.17, 15) is 13.2 Å². The molecule has 1 N–H and O–H groups in total. The quantitative estimate of drug-likeness (QED) is 0.882. The molecule has 3 rings (SSSR count). The molecule has 1 aliphatic rings. The molecule has 1 unspecified atom stereocenters. The van der Waals surface area contributed by atoms with Crippen LogP contribution in [0.2, 0.25) is 0 Å². The number of aryl methyl sites for hydroxylation is 2. The number of sulfone groups is 1. The number of furan rings is 1. The first-order valence-corrected chi connectivity index (χ1v) is 9.94. The number of hydrogen-bond acceptors (Lipinski definition) is 5. The van der Waals surface area contributed by atoms with Gasteiger partial charge in [0, 0.05) is 6.04 Å². The van der Waals surface area contributed by atoms with Gasteiger partial charge in [-0.25, -0.2) is 8.42 Å². The van der Waals surface area contributed by atoms with Crippen LogP contribution >= 0.6 is 0 Å². The number of benzene rings is 1. The number of carbonyl (C=O) groups excluding carboxylic acids is 1. The Balaban J connectivity index is 1.58. The van der Waals surface area contributed by atoms with Crippen molar-refractivity contribution in [2.24, 2.45) is 0 Å². The van der Waals surface area contributed by atoms with Gasteiger partial charge < -0.3 is 14.5 Å². The molecule has 1 aromatic carbocycles. The van der Waals surface area contributed by atoms with Crippen LogP contribution in [0, 0.1) is 13.8 Å². The minimum Gasteiger partial charge on any atom is -0.485 e. The van der Waals surface area contributed by atoms with E-state index < -0.39 is 15.7 Å². The molecule has 134 valence electrons. The van der Waals surface area contributed by atoms with E-state index >= 15 is 0 Å². The highest BCUT2D eigenvalue weighted by Crippen LogP contribution is 2.21. The van der Waals surface area contributed by atoms with E-state index in [0.717, 1.165) is 16.9 Å². The Morgan fingerprint density at radius 2 is 2.08 bits per heavy atom. The van der Waals surface area contributed by atoms with Crippen molar-refractivity contribution in [3.63, 3.8) is 0 Å². The third kappa shape index (κ3) is 4.42. The first kappa shape index (κ1) is 17.5. The summed E-state index contributed by atoms with van der Waals surface area (Å²) in [4.78, 5) is 12.2. The summed E-state index contributed by atoms with van der Waals surface area (Å²) in [5, 5.41) is 2.70. The molecule has 2 aromatic rings. The van der Waals surface area contributed by atoms with Gasteiger partial charge in [0.2, 0.25) is 0 Å². The van der Waals surface area contributed by atoms with Crippen LogP contribution in [0.25, 0.3) is 0 Å². The van der Waals surface area contributed by atoms with Crippen molar-refractivity contribution in [1.82, 2.24) is 5.32 Å². The summed E-state index contributed by atoms with van der Waals surface area (Å²) >= 11 is 0. The van der Waals surface area contributed by atoms with E-state index in [1.165, 1.54) is 0 Å². The van der Waals surface area contributed by atoms with Gasteiger partial charge in [0.1, 0.15) is 18.1 Å². The van der Waals surface area contributed by atoms with Crippen molar-refractivity contribution in [1.29, 1.82) is 0 Å². The fourth-order valence-corrected chi connectivity index (χ4v) is 4.43. The Bertz CT molecular complexity index is 885. The number of hydrogen-bond donors (Lipinski definition) is 1. The summed E-state index contributed by atoms with van der Waals surface area (Å²) in [5.41, 5.74) is 2.13. The van der Waals surface area contributed by atoms with Gasteiger partial charge in [-0.05, 0) is 49.6 Å². The largest absolute Gasteiger partial charge is 0.485 e. The van der Waals surface area contributed by atoms with Gasteiger partial charge in [0.25, 0.3) is 5.91 Å². The van der Waals surface area contributed by atoms with E-state index in [2.05, 4.69) is 5.32 Å². The van der Waals surface area contributed by atoms with E-state index in [1.807, 2.05) is 32.0 Å². The molecule has 0 spiro atoms. The van der Waals surface area contributed by atoms with Crippen LogP contribution in [-0.4, -0.2) is 31.9 Å². The average molecular weight is 363 g/mol. The molecular weight excluding hydrogens is 342 g/mol. The molecule has 2 heterocycles. The van der Waals surface area contributed by atoms with Crippen LogP contribution in [0.4, 0.5) is 0 Å². The van der Waals surface area contributed by atoms with Crippen molar-refractivity contribution in [2.75, 3.05) is 11.5 Å². The smallest absolute Gasteiger partial charge is 0.287 e. The van der Waals surface area contributed by atoms with Crippen LogP contribution in [-0.2, 0) is 16.4 Å². The van der Waals surface area contributed by atoms with Gasteiger partial charge in [0.05, 0.1) is 11.5 Å². The Hall–Kier alpha value is -2.28. The molecule has 1 aromatic heterocycles. The number of carbonyl (C=O) groups is 1. The zero-order valence-corrected chi connectivity index (χ0v) is 15.1. The maximum Gasteiger partial charge on any atom is 0.287 e. The molecule has 1 fully saturated rings. The average Bonchev–Trinajstić information content (AvgIpc) is 3.15. The second-order valence-corrected chi connectivity index (χ2v) is 8.63. The molecule has 7 heteroatoms. The Morgan fingerprint density at radius 3 is 2.80 bits per heavy atom. The zero-order chi connectivity index (χ0) is 18.0. The van der Waals surface area contributed by atoms with Crippen molar-refractivity contribution >= 4 is 15.7 Å². The zero-order valence-electron chi connectivity index (χ0n) is 14.2. The first-order chi connectivity index (χ1) is 11.8. The minimum atomic E-state index is -3.03. The normalized spacial score (nSPS) is 18.9. The number of amides is 1. The lowest BCUT2D eigenvalue weighted by molar-refractivity contribution is 0.0909. The first-order valence-electron chi connectivity index (χ1n) is 8.12. The fourth-order valence-electron chi connectivity index (χ4n) is 2.75.